The lowest BCUT2D eigenvalue weighted by atomic mass is 10.1. The van der Waals surface area contributed by atoms with Gasteiger partial charge in [0.05, 0.1) is 11.5 Å². The fraction of sp³-hybridized carbons (Fsp3) is 0.500. The molecule has 0 radical (unpaired) electrons. The number of benzene rings is 1. The first kappa shape index (κ1) is 15.7. The molecule has 1 nitrogen and oxygen atoms in total. The SMILES string of the molecule is CCOc1cc(CCCBr)ccc1SC(F)(F)F. The Labute approximate surface area is 117 Å². The summed E-state index contributed by atoms with van der Waals surface area (Å²) in [7, 11) is 0. The molecule has 0 aliphatic heterocycles. The van der Waals surface area contributed by atoms with Gasteiger partial charge in [0.15, 0.2) is 0 Å². The largest absolute Gasteiger partial charge is 0.493 e. The van der Waals surface area contributed by atoms with Crippen LogP contribution in [0.4, 0.5) is 13.2 Å². The summed E-state index contributed by atoms with van der Waals surface area (Å²) in [5.41, 5.74) is -3.30. The van der Waals surface area contributed by atoms with E-state index in [1.807, 2.05) is 0 Å². The molecule has 0 aliphatic rings. The summed E-state index contributed by atoms with van der Waals surface area (Å²) in [6.45, 7) is 2.11. The van der Waals surface area contributed by atoms with Crippen LogP contribution in [0.25, 0.3) is 0 Å². The van der Waals surface area contributed by atoms with Gasteiger partial charge in [0, 0.05) is 5.33 Å². The van der Waals surface area contributed by atoms with Gasteiger partial charge in [-0.1, -0.05) is 22.0 Å². The van der Waals surface area contributed by atoms with Crippen LogP contribution < -0.4 is 4.74 Å². The second-order valence-corrected chi connectivity index (χ2v) is 5.45. The minimum Gasteiger partial charge on any atom is -0.493 e. The second kappa shape index (κ2) is 7.28. The lowest BCUT2D eigenvalue weighted by Gasteiger charge is -2.13. The fourth-order valence-electron chi connectivity index (χ4n) is 1.46. The van der Waals surface area contributed by atoms with E-state index in [4.69, 9.17) is 4.74 Å². The highest BCUT2D eigenvalue weighted by atomic mass is 79.9. The molecule has 0 atom stereocenters. The molecule has 1 rings (SSSR count). The highest BCUT2D eigenvalue weighted by Gasteiger charge is 2.30. The van der Waals surface area contributed by atoms with Crippen LogP contribution in [0.5, 0.6) is 5.75 Å². The lowest BCUT2D eigenvalue weighted by Crippen LogP contribution is -2.02. The summed E-state index contributed by atoms with van der Waals surface area (Å²) < 4.78 is 42.4. The molecule has 1 aromatic rings. The number of halogens is 4. The van der Waals surface area contributed by atoms with E-state index in [-0.39, 0.29) is 16.7 Å². The highest BCUT2D eigenvalue weighted by Crippen LogP contribution is 2.41. The van der Waals surface area contributed by atoms with E-state index in [1.54, 1.807) is 19.1 Å². The predicted octanol–water partition coefficient (Wildman–Crippen LogP) is 5.02. The average Bonchev–Trinajstić information content (AvgIpc) is 2.28. The Kier molecular flexibility index (Phi) is 6.35. The number of hydrogen-bond acceptors (Lipinski definition) is 2. The summed E-state index contributed by atoms with van der Waals surface area (Å²) in [4.78, 5) is 0.118. The molecule has 1 aromatic carbocycles. The number of ether oxygens (including phenoxy) is 1. The summed E-state index contributed by atoms with van der Waals surface area (Å²) >= 11 is 3.19. The number of thioether (sulfide) groups is 1. The van der Waals surface area contributed by atoms with Gasteiger partial charge in [0.25, 0.3) is 0 Å². The minimum atomic E-state index is -4.29. The zero-order valence-corrected chi connectivity index (χ0v) is 12.3. The van der Waals surface area contributed by atoms with Crippen molar-refractivity contribution < 1.29 is 17.9 Å². The Morgan fingerprint density at radius 3 is 2.61 bits per heavy atom. The van der Waals surface area contributed by atoms with Gasteiger partial charge in [-0.15, -0.1) is 0 Å². The Morgan fingerprint density at radius 1 is 1.33 bits per heavy atom. The van der Waals surface area contributed by atoms with E-state index in [0.717, 1.165) is 23.7 Å². The summed E-state index contributed by atoms with van der Waals surface area (Å²) in [5, 5.41) is 0.871. The molecule has 0 spiro atoms. The smallest absolute Gasteiger partial charge is 0.446 e. The van der Waals surface area contributed by atoms with Gasteiger partial charge in [-0.05, 0) is 49.2 Å². The van der Waals surface area contributed by atoms with Crippen molar-refractivity contribution in [2.45, 2.75) is 30.2 Å². The van der Waals surface area contributed by atoms with Crippen molar-refractivity contribution in [2.75, 3.05) is 11.9 Å². The molecule has 0 saturated heterocycles. The van der Waals surface area contributed by atoms with Gasteiger partial charge in [-0.3, -0.25) is 0 Å². The van der Waals surface area contributed by atoms with Crippen LogP contribution in [-0.2, 0) is 6.42 Å². The first-order valence-electron chi connectivity index (χ1n) is 5.53. The van der Waals surface area contributed by atoms with Crippen molar-refractivity contribution in [1.82, 2.24) is 0 Å². The Morgan fingerprint density at radius 2 is 2.06 bits per heavy atom. The monoisotopic (exact) mass is 342 g/mol. The van der Waals surface area contributed by atoms with Crippen molar-refractivity contribution in [3.63, 3.8) is 0 Å². The van der Waals surface area contributed by atoms with Gasteiger partial charge in [0.2, 0.25) is 0 Å². The third kappa shape index (κ3) is 5.52. The number of alkyl halides is 4. The molecule has 0 amide bonds. The van der Waals surface area contributed by atoms with Crippen LogP contribution in [0.1, 0.15) is 18.9 Å². The van der Waals surface area contributed by atoms with Crippen LogP contribution in [-0.4, -0.2) is 17.4 Å². The maximum Gasteiger partial charge on any atom is 0.446 e. The molecule has 0 bridgehead atoms. The van der Waals surface area contributed by atoms with E-state index in [9.17, 15) is 13.2 Å². The fourth-order valence-corrected chi connectivity index (χ4v) is 2.34. The first-order valence-corrected chi connectivity index (χ1v) is 7.47. The zero-order chi connectivity index (χ0) is 13.6. The summed E-state index contributed by atoms with van der Waals surface area (Å²) in [6, 6.07) is 4.90. The number of aryl methyl sites for hydroxylation is 1. The normalized spacial score (nSPS) is 11.6. The van der Waals surface area contributed by atoms with Crippen molar-refractivity contribution in [2.24, 2.45) is 0 Å². The van der Waals surface area contributed by atoms with Crippen LogP contribution in [0, 0.1) is 0 Å². The Balaban J connectivity index is 2.89. The van der Waals surface area contributed by atoms with Crippen molar-refractivity contribution in [3.05, 3.63) is 23.8 Å². The molecular formula is C12H14BrF3OS. The molecule has 6 heteroatoms. The molecule has 0 heterocycles. The van der Waals surface area contributed by atoms with Crippen LogP contribution >= 0.6 is 27.7 Å². The van der Waals surface area contributed by atoms with Crippen LogP contribution in [0.3, 0.4) is 0 Å². The highest BCUT2D eigenvalue weighted by molar-refractivity contribution is 9.09. The summed E-state index contributed by atoms with van der Waals surface area (Å²) in [5.74, 6) is 0.312. The molecule has 0 unspecified atom stereocenters. The maximum atomic E-state index is 12.4. The molecule has 102 valence electrons. The van der Waals surface area contributed by atoms with E-state index in [0.29, 0.717) is 12.4 Å². The molecule has 0 N–H and O–H groups in total. The van der Waals surface area contributed by atoms with Crippen molar-refractivity contribution in [3.8, 4) is 5.75 Å². The maximum absolute atomic E-state index is 12.4. The number of hydrogen-bond donors (Lipinski definition) is 0. The van der Waals surface area contributed by atoms with Gasteiger partial charge >= 0.3 is 5.51 Å². The van der Waals surface area contributed by atoms with Gasteiger partial charge in [-0.25, -0.2) is 0 Å². The van der Waals surface area contributed by atoms with E-state index < -0.39 is 5.51 Å². The molecule has 0 fully saturated rings. The second-order valence-electron chi connectivity index (χ2n) is 3.55. The average molecular weight is 343 g/mol. The third-order valence-electron chi connectivity index (χ3n) is 2.13. The molecule has 18 heavy (non-hydrogen) atoms. The molecule has 0 saturated carbocycles. The predicted molar refractivity (Wildman–Crippen MR) is 71.6 cm³/mol. The number of rotatable bonds is 6. The molecule has 0 aromatic heterocycles. The first-order chi connectivity index (χ1) is 8.46. The van der Waals surface area contributed by atoms with Crippen molar-refractivity contribution >= 4 is 27.7 Å². The Bertz CT molecular complexity index is 382. The van der Waals surface area contributed by atoms with Gasteiger partial charge in [-0.2, -0.15) is 13.2 Å². The molecule has 0 aliphatic carbocycles. The standard InChI is InChI=1S/C12H14BrF3OS/c1-2-17-10-8-9(4-3-7-13)5-6-11(10)18-12(14,15)16/h5-6,8H,2-4,7H2,1H3. The minimum absolute atomic E-state index is 0.118. The van der Waals surface area contributed by atoms with Gasteiger partial charge in [0.1, 0.15) is 5.75 Å². The van der Waals surface area contributed by atoms with Crippen molar-refractivity contribution in [1.29, 1.82) is 0 Å². The van der Waals surface area contributed by atoms with E-state index in [1.165, 1.54) is 6.07 Å². The van der Waals surface area contributed by atoms with Crippen LogP contribution in [0.15, 0.2) is 23.1 Å². The molecular weight excluding hydrogens is 329 g/mol. The quantitative estimate of drug-likeness (QED) is 0.530. The Hall–Kier alpha value is -0.360. The van der Waals surface area contributed by atoms with E-state index >= 15 is 0 Å². The van der Waals surface area contributed by atoms with Crippen LogP contribution in [0.2, 0.25) is 0 Å². The summed E-state index contributed by atoms with van der Waals surface area (Å²) in [6.07, 6.45) is 1.76. The third-order valence-corrected chi connectivity index (χ3v) is 3.48. The topological polar surface area (TPSA) is 9.23 Å². The van der Waals surface area contributed by atoms with E-state index in [2.05, 4.69) is 15.9 Å². The van der Waals surface area contributed by atoms with Gasteiger partial charge < -0.3 is 4.74 Å². The lowest BCUT2D eigenvalue weighted by molar-refractivity contribution is -0.0329. The zero-order valence-electron chi connectivity index (χ0n) is 9.89.